The third-order valence-corrected chi connectivity index (χ3v) is 4.26. The highest BCUT2D eigenvalue weighted by molar-refractivity contribution is 5.78. The van der Waals surface area contributed by atoms with E-state index in [4.69, 9.17) is 5.73 Å². The lowest BCUT2D eigenvalue weighted by Gasteiger charge is -2.11. The molecule has 8 nitrogen and oxygen atoms in total. The maximum Gasteiger partial charge on any atom is 0.387 e. The Morgan fingerprint density at radius 3 is 2.42 bits per heavy atom. The van der Waals surface area contributed by atoms with E-state index in [0.29, 0.717) is 17.9 Å². The summed E-state index contributed by atoms with van der Waals surface area (Å²) in [4.78, 5) is 16.7. The van der Waals surface area contributed by atoms with Crippen LogP contribution >= 0.6 is 0 Å². The maximum absolute atomic E-state index is 13.9. The van der Waals surface area contributed by atoms with Crippen LogP contribution in [-0.4, -0.2) is 31.1 Å². The van der Waals surface area contributed by atoms with Crippen molar-refractivity contribution in [2.75, 3.05) is 11.1 Å². The van der Waals surface area contributed by atoms with Crippen molar-refractivity contribution in [3.63, 3.8) is 0 Å². The standard InChI is InChI=1S/C19H15F4N7O/c1-2-15-26-13-7-11(20)12(21)8-14(13)30(15)19-28-17(24)27-18(29-19)25-9-3-5-10(6-4-9)31-16(22)23/h3-8,16H,2H2,1H3,(H3,24,25,27,28,29). The Kier molecular flexibility index (Phi) is 5.28. The number of fused-ring (bicyclic) bond motifs is 1. The summed E-state index contributed by atoms with van der Waals surface area (Å²) in [6, 6.07) is 7.66. The van der Waals surface area contributed by atoms with Gasteiger partial charge in [-0.1, -0.05) is 6.92 Å². The molecule has 0 radical (unpaired) electrons. The van der Waals surface area contributed by atoms with Crippen LogP contribution in [0, 0.1) is 11.6 Å². The Morgan fingerprint density at radius 1 is 1.03 bits per heavy atom. The van der Waals surface area contributed by atoms with Gasteiger partial charge in [-0.2, -0.15) is 23.7 Å². The molecule has 4 aromatic rings. The molecule has 0 spiro atoms. The molecule has 2 aromatic heterocycles. The summed E-state index contributed by atoms with van der Waals surface area (Å²) in [7, 11) is 0. The number of anilines is 3. The molecule has 160 valence electrons. The average molecular weight is 433 g/mol. The van der Waals surface area contributed by atoms with Crippen LogP contribution in [0.5, 0.6) is 5.75 Å². The second-order valence-electron chi connectivity index (χ2n) is 6.32. The number of imidazole rings is 1. The van der Waals surface area contributed by atoms with E-state index in [1.165, 1.54) is 28.8 Å². The van der Waals surface area contributed by atoms with Gasteiger partial charge in [0.1, 0.15) is 11.6 Å². The molecular formula is C19H15F4N7O. The molecule has 0 saturated heterocycles. The molecule has 4 rings (SSSR count). The molecule has 0 amide bonds. The van der Waals surface area contributed by atoms with Crippen molar-refractivity contribution < 1.29 is 22.3 Å². The predicted octanol–water partition coefficient (Wildman–Crippen LogP) is 3.98. The molecule has 0 aliphatic carbocycles. The first-order chi connectivity index (χ1) is 14.8. The Bertz CT molecular complexity index is 1240. The summed E-state index contributed by atoms with van der Waals surface area (Å²) < 4.78 is 57.8. The number of ether oxygens (including phenoxy) is 1. The highest BCUT2D eigenvalue weighted by Crippen LogP contribution is 2.25. The molecule has 0 bridgehead atoms. The van der Waals surface area contributed by atoms with E-state index in [2.05, 4.69) is 30.0 Å². The largest absolute Gasteiger partial charge is 0.435 e. The van der Waals surface area contributed by atoms with Crippen LogP contribution in [0.3, 0.4) is 0 Å². The molecule has 0 saturated carbocycles. The number of aromatic nitrogens is 5. The minimum Gasteiger partial charge on any atom is -0.435 e. The fourth-order valence-corrected chi connectivity index (χ4v) is 2.97. The van der Waals surface area contributed by atoms with E-state index < -0.39 is 18.2 Å². The van der Waals surface area contributed by atoms with Crippen molar-refractivity contribution in [1.29, 1.82) is 0 Å². The number of hydrogen-bond donors (Lipinski definition) is 2. The fourth-order valence-electron chi connectivity index (χ4n) is 2.97. The Morgan fingerprint density at radius 2 is 1.74 bits per heavy atom. The van der Waals surface area contributed by atoms with Crippen LogP contribution in [0.1, 0.15) is 12.7 Å². The van der Waals surface area contributed by atoms with E-state index in [9.17, 15) is 17.6 Å². The number of nitrogen functional groups attached to an aromatic ring is 1. The number of aryl methyl sites for hydroxylation is 1. The lowest BCUT2D eigenvalue weighted by molar-refractivity contribution is -0.0498. The number of benzene rings is 2. The minimum atomic E-state index is -2.93. The first-order valence-corrected chi connectivity index (χ1v) is 9.04. The van der Waals surface area contributed by atoms with Gasteiger partial charge in [-0.25, -0.2) is 13.8 Å². The first kappa shape index (κ1) is 20.3. The van der Waals surface area contributed by atoms with Crippen LogP contribution < -0.4 is 15.8 Å². The van der Waals surface area contributed by atoms with Gasteiger partial charge in [0.25, 0.3) is 0 Å². The van der Waals surface area contributed by atoms with Crippen LogP contribution in [-0.2, 0) is 6.42 Å². The maximum atomic E-state index is 13.9. The smallest absolute Gasteiger partial charge is 0.387 e. The summed E-state index contributed by atoms with van der Waals surface area (Å²) in [5.41, 5.74) is 6.78. The number of alkyl halides is 2. The van der Waals surface area contributed by atoms with Gasteiger partial charge >= 0.3 is 6.61 Å². The van der Waals surface area contributed by atoms with Crippen LogP contribution in [0.2, 0.25) is 0 Å². The lowest BCUT2D eigenvalue weighted by atomic mass is 10.3. The number of hydrogen-bond acceptors (Lipinski definition) is 7. The zero-order valence-electron chi connectivity index (χ0n) is 16.0. The number of nitrogens with zero attached hydrogens (tertiary/aromatic N) is 5. The van der Waals surface area contributed by atoms with Crippen molar-refractivity contribution >= 4 is 28.6 Å². The highest BCUT2D eigenvalue weighted by atomic mass is 19.3. The van der Waals surface area contributed by atoms with E-state index in [-0.39, 0.29) is 34.6 Å². The lowest BCUT2D eigenvalue weighted by Crippen LogP contribution is -2.11. The fraction of sp³-hybridized carbons (Fsp3) is 0.158. The average Bonchev–Trinajstić information content (AvgIpc) is 3.06. The van der Waals surface area contributed by atoms with Gasteiger partial charge in [0.05, 0.1) is 11.0 Å². The summed E-state index contributed by atoms with van der Waals surface area (Å²) in [6.07, 6.45) is 0.428. The van der Waals surface area contributed by atoms with Crippen molar-refractivity contribution in [3.05, 3.63) is 53.9 Å². The van der Waals surface area contributed by atoms with Crippen molar-refractivity contribution in [2.24, 2.45) is 0 Å². The predicted molar refractivity (Wildman–Crippen MR) is 105 cm³/mol. The number of nitrogens with one attached hydrogen (secondary N) is 1. The molecule has 0 fully saturated rings. The summed E-state index contributed by atoms with van der Waals surface area (Å²) >= 11 is 0. The highest BCUT2D eigenvalue weighted by Gasteiger charge is 2.18. The van der Waals surface area contributed by atoms with Gasteiger partial charge in [0, 0.05) is 24.2 Å². The second kappa shape index (κ2) is 8.05. The van der Waals surface area contributed by atoms with Gasteiger partial charge < -0.3 is 15.8 Å². The normalized spacial score (nSPS) is 11.3. The molecule has 12 heteroatoms. The third-order valence-electron chi connectivity index (χ3n) is 4.26. The summed E-state index contributed by atoms with van der Waals surface area (Å²) in [5, 5.41) is 2.88. The number of halogens is 4. The van der Waals surface area contributed by atoms with E-state index in [1.54, 1.807) is 0 Å². The Hall–Kier alpha value is -3.96. The molecule has 0 aliphatic heterocycles. The molecule has 31 heavy (non-hydrogen) atoms. The summed E-state index contributed by atoms with van der Waals surface area (Å²) in [6.45, 7) is -1.11. The molecule has 0 atom stereocenters. The monoisotopic (exact) mass is 433 g/mol. The Balaban J connectivity index is 1.72. The van der Waals surface area contributed by atoms with Crippen LogP contribution in [0.25, 0.3) is 17.0 Å². The van der Waals surface area contributed by atoms with E-state index in [1.807, 2.05) is 6.92 Å². The summed E-state index contributed by atoms with van der Waals surface area (Å²) in [5.74, 6) is -1.63. The molecule has 0 unspecified atom stereocenters. The molecule has 3 N–H and O–H groups in total. The molecular weight excluding hydrogens is 418 g/mol. The van der Waals surface area contributed by atoms with Crippen molar-refractivity contribution in [1.82, 2.24) is 24.5 Å². The quantitative estimate of drug-likeness (QED) is 0.443. The number of nitrogens with two attached hydrogens (primary N) is 1. The van der Waals surface area contributed by atoms with Crippen molar-refractivity contribution in [3.8, 4) is 11.7 Å². The minimum absolute atomic E-state index is 0.0110. The second-order valence-corrected chi connectivity index (χ2v) is 6.32. The molecule has 2 heterocycles. The topological polar surface area (TPSA) is 104 Å². The van der Waals surface area contributed by atoms with Crippen LogP contribution in [0.15, 0.2) is 36.4 Å². The Labute approximate surface area is 172 Å². The first-order valence-electron chi connectivity index (χ1n) is 9.04. The van der Waals surface area contributed by atoms with Gasteiger partial charge in [0.15, 0.2) is 11.6 Å². The van der Waals surface area contributed by atoms with Gasteiger partial charge in [-0.15, -0.1) is 0 Å². The SMILES string of the molecule is CCc1nc2cc(F)c(F)cc2n1-c1nc(N)nc(Nc2ccc(OC(F)F)cc2)n1. The van der Waals surface area contributed by atoms with Gasteiger partial charge in [-0.3, -0.25) is 4.57 Å². The molecule has 2 aromatic carbocycles. The third kappa shape index (κ3) is 4.17. The zero-order chi connectivity index (χ0) is 22.1. The van der Waals surface area contributed by atoms with Gasteiger partial charge in [0.2, 0.25) is 17.8 Å². The van der Waals surface area contributed by atoms with Gasteiger partial charge in [-0.05, 0) is 24.3 Å². The van der Waals surface area contributed by atoms with E-state index >= 15 is 0 Å². The number of rotatable bonds is 6. The van der Waals surface area contributed by atoms with E-state index in [0.717, 1.165) is 12.1 Å². The zero-order valence-corrected chi connectivity index (χ0v) is 16.0. The van der Waals surface area contributed by atoms with Crippen molar-refractivity contribution in [2.45, 2.75) is 20.0 Å². The molecule has 0 aliphatic rings. The van der Waals surface area contributed by atoms with Crippen LogP contribution in [0.4, 0.5) is 35.1 Å².